The first-order chi connectivity index (χ1) is 6.35. The SMILES string of the molecule is CCCC1CC2(CCO1)NCCS2. The molecule has 0 aromatic rings. The molecule has 0 radical (unpaired) electrons. The predicted molar refractivity (Wildman–Crippen MR) is 57.1 cm³/mol. The molecule has 1 N–H and O–H groups in total. The molecule has 76 valence electrons. The van der Waals surface area contributed by atoms with E-state index in [9.17, 15) is 0 Å². The molecule has 2 unspecified atom stereocenters. The van der Waals surface area contributed by atoms with Gasteiger partial charge in [-0.15, -0.1) is 11.8 Å². The Hall–Kier alpha value is 0.270. The molecule has 2 atom stereocenters. The maximum Gasteiger partial charge on any atom is 0.0692 e. The molecule has 0 aromatic heterocycles. The van der Waals surface area contributed by atoms with Gasteiger partial charge in [0.25, 0.3) is 0 Å². The Morgan fingerprint density at radius 3 is 3.23 bits per heavy atom. The van der Waals surface area contributed by atoms with Crippen molar-refractivity contribution in [1.82, 2.24) is 5.32 Å². The average Bonchev–Trinajstić information content (AvgIpc) is 2.54. The lowest BCUT2D eigenvalue weighted by Gasteiger charge is -2.37. The van der Waals surface area contributed by atoms with E-state index in [1.807, 2.05) is 0 Å². The molecule has 13 heavy (non-hydrogen) atoms. The summed E-state index contributed by atoms with van der Waals surface area (Å²) >= 11 is 2.10. The second-order valence-corrected chi connectivity index (χ2v) is 5.48. The topological polar surface area (TPSA) is 21.3 Å². The third-order valence-corrected chi connectivity index (χ3v) is 4.43. The van der Waals surface area contributed by atoms with Gasteiger partial charge in [-0.1, -0.05) is 13.3 Å². The van der Waals surface area contributed by atoms with E-state index in [1.165, 1.54) is 38.0 Å². The van der Waals surface area contributed by atoms with Crippen LogP contribution in [0.2, 0.25) is 0 Å². The number of hydrogen-bond donors (Lipinski definition) is 1. The van der Waals surface area contributed by atoms with Gasteiger partial charge < -0.3 is 10.1 Å². The van der Waals surface area contributed by atoms with Crippen LogP contribution in [0.25, 0.3) is 0 Å². The van der Waals surface area contributed by atoms with Crippen LogP contribution in [0.1, 0.15) is 32.6 Å². The predicted octanol–water partition coefficient (Wildman–Crippen LogP) is 2.00. The first-order valence-corrected chi connectivity index (χ1v) is 6.34. The highest BCUT2D eigenvalue weighted by molar-refractivity contribution is 8.00. The lowest BCUT2D eigenvalue weighted by atomic mass is 9.99. The van der Waals surface area contributed by atoms with Gasteiger partial charge in [-0.25, -0.2) is 0 Å². The van der Waals surface area contributed by atoms with E-state index in [0.29, 0.717) is 11.0 Å². The summed E-state index contributed by atoms with van der Waals surface area (Å²) in [6.45, 7) is 4.37. The summed E-state index contributed by atoms with van der Waals surface area (Å²) < 4.78 is 5.75. The van der Waals surface area contributed by atoms with Crippen molar-refractivity contribution < 1.29 is 4.74 Å². The van der Waals surface area contributed by atoms with Crippen LogP contribution in [-0.4, -0.2) is 29.9 Å². The van der Waals surface area contributed by atoms with Gasteiger partial charge in [-0.05, 0) is 12.8 Å². The lowest BCUT2D eigenvalue weighted by molar-refractivity contribution is -0.00871. The van der Waals surface area contributed by atoms with Crippen LogP contribution in [-0.2, 0) is 4.74 Å². The van der Waals surface area contributed by atoms with E-state index < -0.39 is 0 Å². The van der Waals surface area contributed by atoms with E-state index in [1.54, 1.807) is 0 Å². The van der Waals surface area contributed by atoms with Crippen LogP contribution in [0.15, 0.2) is 0 Å². The molecular formula is C10H19NOS. The maximum atomic E-state index is 5.75. The van der Waals surface area contributed by atoms with Crippen molar-refractivity contribution in [3.63, 3.8) is 0 Å². The van der Waals surface area contributed by atoms with Crippen molar-refractivity contribution in [1.29, 1.82) is 0 Å². The Labute approximate surface area is 84.8 Å². The number of hydrogen-bond acceptors (Lipinski definition) is 3. The molecular weight excluding hydrogens is 182 g/mol. The van der Waals surface area contributed by atoms with Crippen molar-refractivity contribution in [2.75, 3.05) is 18.9 Å². The molecule has 2 fully saturated rings. The number of nitrogens with one attached hydrogen (secondary N) is 1. The Balaban J connectivity index is 1.90. The summed E-state index contributed by atoms with van der Waals surface area (Å²) in [4.78, 5) is 0.387. The molecule has 2 nitrogen and oxygen atoms in total. The Kier molecular flexibility index (Phi) is 3.17. The van der Waals surface area contributed by atoms with Gasteiger partial charge in [0, 0.05) is 25.3 Å². The minimum atomic E-state index is 0.387. The molecule has 2 rings (SSSR count). The van der Waals surface area contributed by atoms with Crippen LogP contribution in [0.5, 0.6) is 0 Å². The molecule has 3 heteroatoms. The molecule has 0 aliphatic carbocycles. The summed E-state index contributed by atoms with van der Waals surface area (Å²) in [6.07, 6.45) is 5.38. The van der Waals surface area contributed by atoms with Crippen molar-refractivity contribution in [3.05, 3.63) is 0 Å². The van der Waals surface area contributed by atoms with Crippen LogP contribution >= 0.6 is 11.8 Å². The number of thioether (sulfide) groups is 1. The second kappa shape index (κ2) is 4.20. The normalized spacial score (nSPS) is 39.9. The quantitative estimate of drug-likeness (QED) is 0.738. The molecule has 0 bridgehead atoms. The van der Waals surface area contributed by atoms with Crippen molar-refractivity contribution in [2.45, 2.75) is 43.6 Å². The zero-order valence-corrected chi connectivity index (χ0v) is 9.16. The summed E-state index contributed by atoms with van der Waals surface area (Å²) in [5.74, 6) is 1.28. The minimum Gasteiger partial charge on any atom is -0.378 e. The smallest absolute Gasteiger partial charge is 0.0692 e. The van der Waals surface area contributed by atoms with Crippen LogP contribution < -0.4 is 5.32 Å². The van der Waals surface area contributed by atoms with Gasteiger partial charge >= 0.3 is 0 Å². The molecule has 2 aliphatic heterocycles. The highest BCUT2D eigenvalue weighted by atomic mass is 32.2. The largest absolute Gasteiger partial charge is 0.378 e. The van der Waals surface area contributed by atoms with Crippen LogP contribution in [0.3, 0.4) is 0 Å². The molecule has 0 aromatic carbocycles. The van der Waals surface area contributed by atoms with Gasteiger partial charge in [0.1, 0.15) is 0 Å². The Morgan fingerprint density at radius 1 is 1.62 bits per heavy atom. The highest BCUT2D eigenvalue weighted by Gasteiger charge is 2.39. The average molecular weight is 201 g/mol. The van der Waals surface area contributed by atoms with E-state index >= 15 is 0 Å². The molecule has 0 amide bonds. The van der Waals surface area contributed by atoms with Crippen molar-refractivity contribution in [3.8, 4) is 0 Å². The van der Waals surface area contributed by atoms with Gasteiger partial charge in [0.05, 0.1) is 11.0 Å². The van der Waals surface area contributed by atoms with Crippen molar-refractivity contribution in [2.24, 2.45) is 0 Å². The molecule has 2 heterocycles. The highest BCUT2D eigenvalue weighted by Crippen LogP contribution is 2.39. The summed E-state index contributed by atoms with van der Waals surface area (Å²) in [6, 6.07) is 0. The molecule has 1 spiro atoms. The third kappa shape index (κ3) is 2.20. The zero-order valence-electron chi connectivity index (χ0n) is 8.34. The maximum absolute atomic E-state index is 5.75. The molecule has 2 saturated heterocycles. The molecule has 2 aliphatic rings. The van der Waals surface area contributed by atoms with E-state index in [2.05, 4.69) is 24.0 Å². The standard InChI is InChI=1S/C10H19NOS/c1-2-3-9-8-10(4-6-12-9)11-5-7-13-10/h9,11H,2-8H2,1H3. The van der Waals surface area contributed by atoms with Gasteiger partial charge in [0.2, 0.25) is 0 Å². The number of ether oxygens (including phenoxy) is 1. The minimum absolute atomic E-state index is 0.387. The second-order valence-electron chi connectivity index (χ2n) is 4.01. The summed E-state index contributed by atoms with van der Waals surface area (Å²) in [7, 11) is 0. The van der Waals surface area contributed by atoms with Gasteiger partial charge in [-0.2, -0.15) is 0 Å². The van der Waals surface area contributed by atoms with Crippen molar-refractivity contribution >= 4 is 11.8 Å². The summed E-state index contributed by atoms with van der Waals surface area (Å²) in [5, 5.41) is 3.64. The van der Waals surface area contributed by atoms with Crippen LogP contribution in [0.4, 0.5) is 0 Å². The van der Waals surface area contributed by atoms with E-state index in [-0.39, 0.29) is 0 Å². The Morgan fingerprint density at radius 2 is 2.54 bits per heavy atom. The summed E-state index contributed by atoms with van der Waals surface area (Å²) in [5.41, 5.74) is 0. The fraction of sp³-hybridized carbons (Fsp3) is 1.00. The van der Waals surface area contributed by atoms with E-state index in [4.69, 9.17) is 4.74 Å². The van der Waals surface area contributed by atoms with Gasteiger partial charge in [-0.3, -0.25) is 0 Å². The fourth-order valence-corrected chi connectivity index (χ4v) is 3.62. The monoisotopic (exact) mass is 201 g/mol. The van der Waals surface area contributed by atoms with E-state index in [0.717, 1.165) is 6.61 Å². The Bertz CT molecular complexity index is 166. The fourth-order valence-electron chi connectivity index (χ4n) is 2.29. The first-order valence-electron chi connectivity index (χ1n) is 5.35. The third-order valence-electron chi connectivity index (χ3n) is 2.96. The first kappa shape index (κ1) is 9.81. The van der Waals surface area contributed by atoms with Crippen LogP contribution in [0, 0.1) is 0 Å². The lowest BCUT2D eigenvalue weighted by Crippen LogP contribution is -2.45. The van der Waals surface area contributed by atoms with Gasteiger partial charge in [0.15, 0.2) is 0 Å². The zero-order chi connectivity index (χ0) is 9.15. The molecule has 0 saturated carbocycles. The number of rotatable bonds is 2.